The fourth-order valence-electron chi connectivity index (χ4n) is 3.26. The molecule has 1 aliphatic heterocycles. The Hall–Kier alpha value is -3.78. The Labute approximate surface area is 201 Å². The summed E-state index contributed by atoms with van der Waals surface area (Å²) >= 11 is 0.910. The number of aryl methyl sites for hydroxylation is 1. The SMILES string of the molecule is CNc1cc2c(cc1F)C(=O)N(c1cc(F)c(NC(=O)NS(=O)(=O)c3ccc(C)s3)c(F)c1)CO2. The molecule has 0 saturated heterocycles. The van der Waals surface area contributed by atoms with Crippen molar-refractivity contribution >= 4 is 50.4 Å². The number of thiophene rings is 1. The lowest BCUT2D eigenvalue weighted by atomic mass is 10.1. The van der Waals surface area contributed by atoms with Crippen LogP contribution in [0.1, 0.15) is 15.2 Å². The molecule has 3 amide bonds. The Bertz CT molecular complexity index is 1440. The van der Waals surface area contributed by atoms with E-state index in [2.05, 4.69) is 5.32 Å². The highest BCUT2D eigenvalue weighted by molar-refractivity contribution is 7.92. The van der Waals surface area contributed by atoms with E-state index in [4.69, 9.17) is 4.74 Å². The van der Waals surface area contributed by atoms with Gasteiger partial charge in [0.05, 0.1) is 16.9 Å². The summed E-state index contributed by atoms with van der Waals surface area (Å²) in [6.45, 7) is 1.26. The standard InChI is InChI=1S/C21H17F3N4O5S2/c1-10-3-4-18(34-10)35(31,32)27-21(30)26-19-14(23)5-11(6-15(19)24)28-9-33-17-8-16(25-2)13(22)7-12(17)20(28)29/h3-8,25H,9H2,1-2H3,(H2,26,27,30). The van der Waals surface area contributed by atoms with E-state index in [1.807, 2.05) is 5.32 Å². The largest absolute Gasteiger partial charge is 0.472 e. The number of amides is 3. The second-order valence-electron chi connectivity index (χ2n) is 7.29. The highest BCUT2D eigenvalue weighted by Gasteiger charge is 2.30. The number of fused-ring (bicyclic) bond motifs is 1. The molecule has 0 aliphatic carbocycles. The summed E-state index contributed by atoms with van der Waals surface area (Å²) in [6, 6.07) is 5.17. The number of hydrogen-bond acceptors (Lipinski definition) is 7. The molecule has 0 fully saturated rings. The monoisotopic (exact) mass is 526 g/mol. The van der Waals surface area contributed by atoms with Crippen LogP contribution in [0.15, 0.2) is 40.6 Å². The van der Waals surface area contributed by atoms with Crippen LogP contribution in [0.5, 0.6) is 5.75 Å². The second kappa shape index (κ2) is 9.11. The smallest absolute Gasteiger partial charge is 0.333 e. The minimum atomic E-state index is -4.25. The molecule has 4 rings (SSSR count). The van der Waals surface area contributed by atoms with Crippen molar-refractivity contribution in [1.29, 1.82) is 0 Å². The maximum atomic E-state index is 14.7. The Morgan fingerprint density at radius 2 is 1.77 bits per heavy atom. The van der Waals surface area contributed by atoms with Gasteiger partial charge in [-0.25, -0.2) is 31.1 Å². The number of ether oxygens (including phenoxy) is 1. The van der Waals surface area contributed by atoms with Crippen LogP contribution in [0, 0.1) is 24.4 Å². The average Bonchev–Trinajstić information content (AvgIpc) is 3.23. The van der Waals surface area contributed by atoms with E-state index < -0.39 is 51.8 Å². The Morgan fingerprint density at radius 1 is 1.09 bits per heavy atom. The predicted molar refractivity (Wildman–Crippen MR) is 123 cm³/mol. The van der Waals surface area contributed by atoms with Crippen molar-refractivity contribution in [2.24, 2.45) is 0 Å². The number of nitrogens with zero attached hydrogens (tertiary/aromatic N) is 1. The van der Waals surface area contributed by atoms with Crippen molar-refractivity contribution in [2.45, 2.75) is 11.1 Å². The number of benzene rings is 2. The number of nitrogens with one attached hydrogen (secondary N) is 3. The van der Waals surface area contributed by atoms with Crippen molar-refractivity contribution in [3.05, 3.63) is 64.3 Å². The summed E-state index contributed by atoms with van der Waals surface area (Å²) in [7, 11) is -2.76. The molecule has 0 spiro atoms. The molecule has 0 atom stereocenters. The van der Waals surface area contributed by atoms with Crippen LogP contribution in [0.2, 0.25) is 0 Å². The molecule has 35 heavy (non-hydrogen) atoms. The van der Waals surface area contributed by atoms with Crippen LogP contribution in [-0.4, -0.2) is 34.1 Å². The van der Waals surface area contributed by atoms with Crippen LogP contribution in [0.25, 0.3) is 0 Å². The zero-order valence-corrected chi connectivity index (χ0v) is 19.7. The molecule has 2 heterocycles. The van der Waals surface area contributed by atoms with Crippen molar-refractivity contribution in [3.8, 4) is 5.75 Å². The van der Waals surface area contributed by atoms with Crippen molar-refractivity contribution in [2.75, 3.05) is 29.3 Å². The lowest BCUT2D eigenvalue weighted by molar-refractivity contribution is 0.0936. The van der Waals surface area contributed by atoms with Gasteiger partial charge in [0.15, 0.2) is 18.4 Å². The molecule has 0 unspecified atom stereocenters. The number of halogens is 3. The van der Waals surface area contributed by atoms with Gasteiger partial charge < -0.3 is 15.4 Å². The zero-order valence-electron chi connectivity index (χ0n) is 18.1. The van der Waals surface area contributed by atoms with Crippen LogP contribution in [0.4, 0.5) is 35.0 Å². The Kier molecular flexibility index (Phi) is 6.34. The molecule has 184 valence electrons. The molecule has 1 aliphatic rings. The van der Waals surface area contributed by atoms with E-state index in [1.165, 1.54) is 25.2 Å². The van der Waals surface area contributed by atoms with E-state index in [0.29, 0.717) is 4.88 Å². The molecular weight excluding hydrogens is 509 g/mol. The number of urea groups is 1. The van der Waals surface area contributed by atoms with Crippen LogP contribution in [-0.2, 0) is 10.0 Å². The number of anilines is 3. The average molecular weight is 527 g/mol. The molecule has 1 aromatic heterocycles. The molecule has 14 heteroatoms. The zero-order chi connectivity index (χ0) is 25.5. The van der Waals surface area contributed by atoms with Gasteiger partial charge in [-0.1, -0.05) is 0 Å². The van der Waals surface area contributed by atoms with Gasteiger partial charge in [-0.15, -0.1) is 11.3 Å². The second-order valence-corrected chi connectivity index (χ2v) is 10.5. The molecule has 3 N–H and O–H groups in total. The van der Waals surface area contributed by atoms with Gasteiger partial charge >= 0.3 is 6.03 Å². The quantitative estimate of drug-likeness (QED) is 0.463. The maximum Gasteiger partial charge on any atom is 0.333 e. The Morgan fingerprint density at radius 3 is 2.37 bits per heavy atom. The third-order valence-electron chi connectivity index (χ3n) is 4.95. The van der Waals surface area contributed by atoms with Gasteiger partial charge in [-0.3, -0.25) is 9.69 Å². The molecular formula is C21H17F3N4O5S2. The first-order valence-corrected chi connectivity index (χ1v) is 12.2. The van der Waals surface area contributed by atoms with Gasteiger partial charge in [0.2, 0.25) is 0 Å². The predicted octanol–water partition coefficient (Wildman–Crippen LogP) is 4.02. The number of hydrogen-bond donors (Lipinski definition) is 3. The minimum absolute atomic E-state index is 0.0926. The van der Waals surface area contributed by atoms with Crippen LogP contribution in [0.3, 0.4) is 0 Å². The topological polar surface area (TPSA) is 117 Å². The van der Waals surface area contributed by atoms with Crippen LogP contribution >= 0.6 is 11.3 Å². The van der Waals surface area contributed by atoms with Crippen molar-refractivity contribution < 1.29 is 35.9 Å². The summed E-state index contributed by atoms with van der Waals surface area (Å²) in [5.41, 5.74) is -1.24. The van der Waals surface area contributed by atoms with Gasteiger partial charge in [0.1, 0.15) is 21.5 Å². The van der Waals surface area contributed by atoms with Gasteiger partial charge in [-0.05, 0) is 25.1 Å². The number of sulfonamides is 1. The highest BCUT2D eigenvalue weighted by atomic mass is 32.2. The molecule has 2 aromatic carbocycles. The lowest BCUT2D eigenvalue weighted by Gasteiger charge is -2.29. The number of rotatable bonds is 5. The molecule has 0 radical (unpaired) electrons. The molecule has 0 saturated carbocycles. The summed E-state index contributed by atoms with van der Waals surface area (Å²) in [6.07, 6.45) is 0. The normalized spacial score (nSPS) is 13.2. The fraction of sp³-hybridized carbons (Fsp3) is 0.143. The van der Waals surface area contributed by atoms with Crippen LogP contribution < -0.4 is 25.0 Å². The lowest BCUT2D eigenvalue weighted by Crippen LogP contribution is -2.39. The first-order valence-electron chi connectivity index (χ1n) is 9.85. The number of carbonyl (C=O) groups excluding carboxylic acids is 2. The summed E-state index contributed by atoms with van der Waals surface area (Å²) in [5.74, 6) is -3.96. The van der Waals surface area contributed by atoms with Gasteiger partial charge in [0.25, 0.3) is 15.9 Å². The summed E-state index contributed by atoms with van der Waals surface area (Å²) in [4.78, 5) is 26.5. The third kappa shape index (κ3) is 4.74. The highest BCUT2D eigenvalue weighted by Crippen LogP contribution is 2.34. The molecule has 0 bridgehead atoms. The first kappa shape index (κ1) is 24.3. The van der Waals surface area contributed by atoms with E-state index in [-0.39, 0.29) is 26.9 Å². The van der Waals surface area contributed by atoms with Crippen molar-refractivity contribution in [1.82, 2.24) is 4.72 Å². The molecule has 9 nitrogen and oxygen atoms in total. The summed E-state index contributed by atoms with van der Waals surface area (Å²) < 4.78 is 74.9. The third-order valence-corrected chi connectivity index (χ3v) is 7.77. The summed E-state index contributed by atoms with van der Waals surface area (Å²) in [5, 5.41) is 4.43. The van der Waals surface area contributed by atoms with Gasteiger partial charge in [0, 0.05) is 30.1 Å². The Balaban J connectivity index is 1.55. The maximum absolute atomic E-state index is 14.7. The first-order chi connectivity index (χ1) is 16.5. The van der Waals surface area contributed by atoms with E-state index >= 15 is 0 Å². The number of carbonyl (C=O) groups is 2. The van der Waals surface area contributed by atoms with E-state index in [1.54, 1.807) is 11.6 Å². The fourth-order valence-corrected chi connectivity index (χ4v) is 5.45. The molecule has 3 aromatic rings. The van der Waals surface area contributed by atoms with Crippen molar-refractivity contribution in [3.63, 3.8) is 0 Å². The van der Waals surface area contributed by atoms with E-state index in [0.717, 1.165) is 34.4 Å². The van der Waals surface area contributed by atoms with Gasteiger partial charge in [-0.2, -0.15) is 0 Å². The minimum Gasteiger partial charge on any atom is -0.472 e. The van der Waals surface area contributed by atoms with E-state index in [9.17, 15) is 31.2 Å².